The second-order valence-electron chi connectivity index (χ2n) is 4.41. The summed E-state index contributed by atoms with van der Waals surface area (Å²) in [5.41, 5.74) is 7.68. The molecule has 0 bridgehead atoms. The molecule has 0 aliphatic carbocycles. The van der Waals surface area contributed by atoms with Gasteiger partial charge in [-0.15, -0.1) is 0 Å². The summed E-state index contributed by atoms with van der Waals surface area (Å²) in [6, 6.07) is 12.6. The number of nitrogens with two attached hydrogens (primary N) is 1. The lowest BCUT2D eigenvalue weighted by Crippen LogP contribution is -2.06. The fourth-order valence-corrected chi connectivity index (χ4v) is 2.16. The van der Waals surface area contributed by atoms with Gasteiger partial charge in [-0.1, -0.05) is 12.1 Å². The topological polar surface area (TPSA) is 81.0 Å². The average Bonchev–Trinajstić information content (AvgIpc) is 2.46. The third kappa shape index (κ3) is 2.09. The van der Waals surface area contributed by atoms with Gasteiger partial charge in [0, 0.05) is 11.5 Å². The zero-order valence-corrected chi connectivity index (χ0v) is 10.9. The fourth-order valence-electron chi connectivity index (χ4n) is 2.16. The lowest BCUT2D eigenvalue weighted by Gasteiger charge is -2.07. The molecular formula is C15H13N3O2. The average molecular weight is 267 g/mol. The second-order valence-corrected chi connectivity index (χ2v) is 4.41. The number of nitrogen functional groups attached to an aromatic ring is 1. The fraction of sp³-hybridized carbons (Fsp3) is 0.0667. The summed E-state index contributed by atoms with van der Waals surface area (Å²) in [6.07, 6.45) is 0. The molecule has 100 valence electrons. The molecule has 1 aromatic carbocycles. The number of hydrogen-bond donors (Lipinski definition) is 2. The van der Waals surface area contributed by atoms with E-state index in [9.17, 15) is 4.79 Å². The number of nitrogens with one attached hydrogen (secondary N) is 1. The summed E-state index contributed by atoms with van der Waals surface area (Å²) >= 11 is 0. The van der Waals surface area contributed by atoms with E-state index in [2.05, 4.69) is 9.97 Å². The molecule has 20 heavy (non-hydrogen) atoms. The smallest absolute Gasteiger partial charge is 0.250 e. The molecule has 3 N–H and O–H groups in total. The predicted molar refractivity (Wildman–Crippen MR) is 78.8 cm³/mol. The number of anilines is 1. The van der Waals surface area contributed by atoms with Crippen molar-refractivity contribution >= 4 is 16.9 Å². The van der Waals surface area contributed by atoms with E-state index in [1.807, 2.05) is 30.3 Å². The van der Waals surface area contributed by atoms with Crippen LogP contribution in [0.15, 0.2) is 47.3 Å². The molecular weight excluding hydrogens is 254 g/mol. The summed E-state index contributed by atoms with van der Waals surface area (Å²) in [6.45, 7) is 0. The number of ether oxygens (including phenoxy) is 1. The third-order valence-corrected chi connectivity index (χ3v) is 3.13. The maximum absolute atomic E-state index is 11.8. The lowest BCUT2D eigenvalue weighted by molar-refractivity contribution is 0.415. The van der Waals surface area contributed by atoms with Crippen molar-refractivity contribution in [1.29, 1.82) is 0 Å². The van der Waals surface area contributed by atoms with Crippen LogP contribution in [0.5, 0.6) is 5.75 Å². The highest BCUT2D eigenvalue weighted by atomic mass is 16.5. The summed E-state index contributed by atoms with van der Waals surface area (Å²) in [5, 5.41) is 0.851. The van der Waals surface area contributed by atoms with Crippen molar-refractivity contribution in [1.82, 2.24) is 9.97 Å². The number of fused-ring (bicyclic) bond motifs is 1. The highest BCUT2D eigenvalue weighted by Gasteiger charge is 2.07. The number of nitrogens with zero attached hydrogens (tertiary/aromatic N) is 1. The lowest BCUT2D eigenvalue weighted by atomic mass is 10.0. The zero-order valence-electron chi connectivity index (χ0n) is 10.9. The third-order valence-electron chi connectivity index (χ3n) is 3.13. The first-order valence-corrected chi connectivity index (χ1v) is 6.11. The maximum Gasteiger partial charge on any atom is 0.250 e. The Morgan fingerprint density at radius 1 is 1.15 bits per heavy atom. The molecule has 0 saturated heterocycles. The van der Waals surface area contributed by atoms with Gasteiger partial charge in [-0.2, -0.15) is 0 Å². The van der Waals surface area contributed by atoms with Gasteiger partial charge in [-0.25, -0.2) is 4.98 Å². The van der Waals surface area contributed by atoms with Crippen LogP contribution in [0.1, 0.15) is 0 Å². The van der Waals surface area contributed by atoms with Crippen LogP contribution in [0.3, 0.4) is 0 Å². The first-order valence-electron chi connectivity index (χ1n) is 6.11. The quantitative estimate of drug-likeness (QED) is 0.745. The molecule has 0 aliphatic heterocycles. The van der Waals surface area contributed by atoms with Crippen LogP contribution >= 0.6 is 0 Å². The number of hydrogen-bond acceptors (Lipinski definition) is 4. The zero-order chi connectivity index (χ0) is 14.1. The van der Waals surface area contributed by atoms with Gasteiger partial charge in [0.05, 0.1) is 7.11 Å². The SMILES string of the molecule is COc1ccc(-c2cc(=O)[nH]c3nc(N)ccc23)cc1. The summed E-state index contributed by atoms with van der Waals surface area (Å²) in [7, 11) is 1.62. The first kappa shape index (κ1) is 12.2. The Morgan fingerprint density at radius 2 is 1.90 bits per heavy atom. The minimum absolute atomic E-state index is 0.207. The van der Waals surface area contributed by atoms with E-state index >= 15 is 0 Å². The van der Waals surface area contributed by atoms with Gasteiger partial charge >= 0.3 is 0 Å². The summed E-state index contributed by atoms with van der Waals surface area (Å²) in [5.74, 6) is 1.14. The molecule has 0 amide bonds. The van der Waals surface area contributed by atoms with Crippen LogP contribution in [-0.4, -0.2) is 17.1 Å². The van der Waals surface area contributed by atoms with Gasteiger partial charge in [-0.05, 0) is 35.4 Å². The Hall–Kier alpha value is -2.82. The molecule has 0 fully saturated rings. The molecule has 0 spiro atoms. The number of aromatic nitrogens is 2. The minimum Gasteiger partial charge on any atom is -0.497 e. The van der Waals surface area contributed by atoms with Crippen LogP contribution in [0.4, 0.5) is 5.82 Å². The van der Waals surface area contributed by atoms with Crippen LogP contribution < -0.4 is 16.0 Å². The molecule has 2 aromatic heterocycles. The normalized spacial score (nSPS) is 10.7. The van der Waals surface area contributed by atoms with Gasteiger partial charge in [-0.3, -0.25) is 4.79 Å². The Morgan fingerprint density at radius 3 is 2.60 bits per heavy atom. The van der Waals surface area contributed by atoms with Crippen molar-refractivity contribution in [3.8, 4) is 16.9 Å². The molecule has 3 rings (SSSR count). The van der Waals surface area contributed by atoms with Crippen molar-refractivity contribution in [3.63, 3.8) is 0 Å². The highest BCUT2D eigenvalue weighted by Crippen LogP contribution is 2.27. The van der Waals surface area contributed by atoms with E-state index in [-0.39, 0.29) is 5.56 Å². The molecule has 5 nitrogen and oxygen atoms in total. The van der Waals surface area contributed by atoms with Crippen molar-refractivity contribution in [2.45, 2.75) is 0 Å². The predicted octanol–water partition coefficient (Wildman–Crippen LogP) is 2.18. The molecule has 5 heteroatoms. The van der Waals surface area contributed by atoms with E-state index in [4.69, 9.17) is 10.5 Å². The van der Waals surface area contributed by atoms with Gasteiger partial charge in [0.1, 0.15) is 17.2 Å². The van der Waals surface area contributed by atoms with Gasteiger partial charge in [0.2, 0.25) is 5.56 Å². The Kier molecular flexibility index (Phi) is 2.87. The molecule has 0 atom stereocenters. The number of rotatable bonds is 2. The van der Waals surface area contributed by atoms with Crippen molar-refractivity contribution in [2.24, 2.45) is 0 Å². The maximum atomic E-state index is 11.8. The second kappa shape index (κ2) is 4.70. The van der Waals surface area contributed by atoms with Crippen LogP contribution in [-0.2, 0) is 0 Å². The Labute approximate surface area is 115 Å². The van der Waals surface area contributed by atoms with Crippen LogP contribution in [0.2, 0.25) is 0 Å². The van der Waals surface area contributed by atoms with Crippen LogP contribution in [0.25, 0.3) is 22.2 Å². The molecule has 2 heterocycles. The first-order chi connectivity index (χ1) is 9.67. The highest BCUT2D eigenvalue weighted by molar-refractivity contribution is 5.93. The van der Waals surface area contributed by atoms with Gasteiger partial charge < -0.3 is 15.5 Å². The molecule has 0 radical (unpaired) electrons. The number of methoxy groups -OCH3 is 1. The Balaban J connectivity index is 2.26. The van der Waals surface area contributed by atoms with Crippen molar-refractivity contribution in [2.75, 3.05) is 12.8 Å². The summed E-state index contributed by atoms with van der Waals surface area (Å²) < 4.78 is 5.14. The Bertz CT molecular complexity index is 823. The van der Waals surface area contributed by atoms with Crippen molar-refractivity contribution < 1.29 is 4.74 Å². The van der Waals surface area contributed by atoms with E-state index in [0.717, 1.165) is 22.3 Å². The summed E-state index contributed by atoms with van der Waals surface area (Å²) in [4.78, 5) is 18.6. The molecule has 3 aromatic rings. The number of H-pyrrole nitrogens is 1. The van der Waals surface area contributed by atoms with E-state index in [0.29, 0.717) is 11.5 Å². The molecule has 0 saturated carbocycles. The number of benzene rings is 1. The van der Waals surface area contributed by atoms with E-state index < -0.39 is 0 Å². The molecule has 0 aliphatic rings. The van der Waals surface area contributed by atoms with Crippen LogP contribution in [0, 0.1) is 0 Å². The monoisotopic (exact) mass is 267 g/mol. The van der Waals surface area contributed by atoms with E-state index in [1.54, 1.807) is 19.2 Å². The number of pyridine rings is 2. The van der Waals surface area contributed by atoms with Gasteiger partial charge in [0.15, 0.2) is 0 Å². The van der Waals surface area contributed by atoms with Crippen molar-refractivity contribution in [3.05, 3.63) is 52.8 Å². The standard InChI is InChI=1S/C15H13N3O2/c1-20-10-4-2-9(3-5-10)12-8-14(19)18-15-11(12)6-7-13(16)17-15/h2-8H,1H3,(H3,16,17,18,19). The molecule has 0 unspecified atom stereocenters. The van der Waals surface area contributed by atoms with E-state index in [1.165, 1.54) is 0 Å². The number of aromatic amines is 1. The van der Waals surface area contributed by atoms with Gasteiger partial charge in [0.25, 0.3) is 0 Å². The largest absolute Gasteiger partial charge is 0.497 e. The minimum atomic E-state index is -0.207.